The van der Waals surface area contributed by atoms with Crippen molar-refractivity contribution in [1.82, 2.24) is 14.2 Å². The molecule has 4 rings (SSSR count). The van der Waals surface area contributed by atoms with Crippen molar-refractivity contribution < 1.29 is 13.2 Å². The molecule has 2 bridgehead atoms. The van der Waals surface area contributed by atoms with Crippen molar-refractivity contribution in [3.05, 3.63) is 63.5 Å². The Morgan fingerprint density at radius 1 is 1.14 bits per heavy atom. The molecule has 3 atom stereocenters. The van der Waals surface area contributed by atoms with Crippen molar-refractivity contribution >= 4 is 27.5 Å². The van der Waals surface area contributed by atoms with E-state index in [0.29, 0.717) is 24.7 Å². The summed E-state index contributed by atoms with van der Waals surface area (Å²) in [7, 11) is -3.83. The van der Waals surface area contributed by atoms with Crippen LogP contribution in [0.25, 0.3) is 0 Å². The highest BCUT2D eigenvalue weighted by Crippen LogP contribution is 2.35. The zero-order valence-corrected chi connectivity index (χ0v) is 17.5. The Bertz CT molecular complexity index is 1100. The molecule has 7 nitrogen and oxygen atoms in total. The first-order valence-electron chi connectivity index (χ1n) is 9.51. The molecule has 1 amide bonds. The molecule has 2 aliphatic rings. The first-order chi connectivity index (χ1) is 13.7. The van der Waals surface area contributed by atoms with E-state index in [4.69, 9.17) is 11.6 Å². The lowest BCUT2D eigenvalue weighted by Crippen LogP contribution is -2.54. The molecular formula is C20H22ClN3O4S. The molecule has 154 valence electrons. The van der Waals surface area contributed by atoms with E-state index in [-0.39, 0.29) is 28.2 Å². The van der Waals surface area contributed by atoms with Crippen LogP contribution in [-0.4, -0.2) is 42.9 Å². The fraction of sp³-hybridized carbons (Fsp3) is 0.400. The molecule has 29 heavy (non-hydrogen) atoms. The topological polar surface area (TPSA) is 88.5 Å². The van der Waals surface area contributed by atoms with Gasteiger partial charge in [-0.15, -0.1) is 0 Å². The van der Waals surface area contributed by atoms with Crippen molar-refractivity contribution in [1.29, 1.82) is 0 Å². The molecular weight excluding hydrogens is 414 g/mol. The Kier molecular flexibility index (Phi) is 5.27. The standard InChI is InChI=1S/C20H22ClN3O4S/c1-13(22-29(27,28)17-7-5-16(21)6-8-17)20(26)23-10-14-9-15(12-23)18-3-2-4-19(25)24(18)11-14/h2-8,13-15,22H,9-12H2,1H3/t13-,14-,15-/m0/s1. The van der Waals surface area contributed by atoms with Gasteiger partial charge in [0.25, 0.3) is 5.56 Å². The third-order valence-corrected chi connectivity index (χ3v) is 7.43. The number of nitrogens with zero attached hydrogens (tertiary/aromatic N) is 2. The van der Waals surface area contributed by atoms with Crippen LogP contribution in [0, 0.1) is 5.92 Å². The Morgan fingerprint density at radius 2 is 1.86 bits per heavy atom. The Balaban J connectivity index is 1.49. The van der Waals surface area contributed by atoms with Gasteiger partial charge in [-0.1, -0.05) is 17.7 Å². The number of benzene rings is 1. The molecule has 0 aliphatic carbocycles. The Labute approximate surface area is 174 Å². The highest BCUT2D eigenvalue weighted by Gasteiger charge is 2.37. The number of fused-ring (bicyclic) bond motifs is 4. The van der Waals surface area contributed by atoms with E-state index < -0.39 is 16.1 Å². The van der Waals surface area contributed by atoms with Gasteiger partial charge in [-0.05, 0) is 49.6 Å². The second kappa shape index (κ2) is 7.59. The van der Waals surface area contributed by atoms with E-state index in [1.165, 1.54) is 24.3 Å². The molecule has 0 saturated carbocycles. The van der Waals surface area contributed by atoms with Gasteiger partial charge in [0.1, 0.15) is 0 Å². The van der Waals surface area contributed by atoms with Gasteiger partial charge in [0, 0.05) is 42.3 Å². The second-order valence-corrected chi connectivity index (χ2v) is 9.89. The summed E-state index contributed by atoms with van der Waals surface area (Å²) < 4.78 is 29.4. The molecule has 1 aromatic heterocycles. The minimum atomic E-state index is -3.83. The summed E-state index contributed by atoms with van der Waals surface area (Å²) in [6.07, 6.45) is 0.929. The van der Waals surface area contributed by atoms with E-state index in [0.717, 1.165) is 12.1 Å². The molecule has 0 unspecified atom stereocenters. The average molecular weight is 436 g/mol. The van der Waals surface area contributed by atoms with Gasteiger partial charge in [-0.25, -0.2) is 8.42 Å². The number of carbonyl (C=O) groups excluding carboxylic acids is 1. The van der Waals surface area contributed by atoms with E-state index in [2.05, 4.69) is 4.72 Å². The van der Waals surface area contributed by atoms with Crippen molar-refractivity contribution in [3.8, 4) is 0 Å². The van der Waals surface area contributed by atoms with Crippen LogP contribution in [0.15, 0.2) is 52.2 Å². The smallest absolute Gasteiger partial charge is 0.250 e. The quantitative estimate of drug-likeness (QED) is 0.793. The number of carbonyl (C=O) groups is 1. The van der Waals surface area contributed by atoms with E-state index in [1.807, 2.05) is 6.07 Å². The van der Waals surface area contributed by atoms with Gasteiger partial charge in [-0.3, -0.25) is 9.59 Å². The highest BCUT2D eigenvalue weighted by molar-refractivity contribution is 7.89. The van der Waals surface area contributed by atoms with Crippen LogP contribution in [0.1, 0.15) is 25.0 Å². The monoisotopic (exact) mass is 435 g/mol. The Hall–Kier alpha value is -2.16. The summed E-state index contributed by atoms with van der Waals surface area (Å²) in [4.78, 5) is 26.9. The number of sulfonamides is 1. The summed E-state index contributed by atoms with van der Waals surface area (Å²) in [5, 5.41) is 0.437. The zero-order chi connectivity index (χ0) is 20.8. The number of likely N-dealkylation sites (tertiary alicyclic amines) is 1. The van der Waals surface area contributed by atoms with Crippen molar-refractivity contribution in [2.75, 3.05) is 13.1 Å². The second-order valence-electron chi connectivity index (χ2n) is 7.74. The maximum absolute atomic E-state index is 13.0. The lowest BCUT2D eigenvalue weighted by Gasteiger charge is -2.43. The fourth-order valence-electron chi connectivity index (χ4n) is 4.32. The SMILES string of the molecule is C[C@H](NS(=O)(=O)c1ccc(Cl)cc1)C(=O)N1C[C@@H]2C[C@@H](C1)c1cccc(=O)n1C2. The summed E-state index contributed by atoms with van der Waals surface area (Å²) in [6, 6.07) is 10.1. The van der Waals surface area contributed by atoms with Crippen molar-refractivity contribution in [2.45, 2.75) is 36.7 Å². The molecule has 3 heterocycles. The molecule has 1 fully saturated rings. The average Bonchev–Trinajstić information content (AvgIpc) is 2.68. The number of halogens is 1. The lowest BCUT2D eigenvalue weighted by molar-refractivity contribution is -0.135. The number of hydrogen-bond acceptors (Lipinski definition) is 4. The maximum atomic E-state index is 13.0. The number of aromatic nitrogens is 1. The van der Waals surface area contributed by atoms with Gasteiger partial charge in [-0.2, -0.15) is 4.72 Å². The number of rotatable bonds is 4. The molecule has 1 aromatic carbocycles. The van der Waals surface area contributed by atoms with Crippen LogP contribution in [-0.2, 0) is 21.4 Å². The van der Waals surface area contributed by atoms with Gasteiger partial charge in [0.05, 0.1) is 10.9 Å². The highest BCUT2D eigenvalue weighted by atomic mass is 35.5. The van der Waals surface area contributed by atoms with Crippen molar-refractivity contribution in [2.24, 2.45) is 5.92 Å². The first kappa shape index (κ1) is 20.1. The first-order valence-corrected chi connectivity index (χ1v) is 11.4. The predicted octanol–water partition coefficient (Wildman–Crippen LogP) is 1.81. The van der Waals surface area contributed by atoms with Gasteiger partial charge < -0.3 is 9.47 Å². The van der Waals surface area contributed by atoms with Crippen molar-refractivity contribution in [3.63, 3.8) is 0 Å². The molecule has 9 heteroatoms. The number of hydrogen-bond donors (Lipinski definition) is 1. The molecule has 1 saturated heterocycles. The number of amides is 1. The normalized spacial score (nSPS) is 22.1. The van der Waals surface area contributed by atoms with Crippen LogP contribution in [0.3, 0.4) is 0 Å². The van der Waals surface area contributed by atoms with Crippen LogP contribution in [0.4, 0.5) is 0 Å². The zero-order valence-electron chi connectivity index (χ0n) is 15.9. The van der Waals surface area contributed by atoms with Crippen LogP contribution >= 0.6 is 11.6 Å². The van der Waals surface area contributed by atoms with Crippen LogP contribution in [0.2, 0.25) is 5.02 Å². The largest absolute Gasteiger partial charge is 0.340 e. The minimum Gasteiger partial charge on any atom is -0.340 e. The van der Waals surface area contributed by atoms with E-state index in [9.17, 15) is 18.0 Å². The van der Waals surface area contributed by atoms with Crippen LogP contribution in [0.5, 0.6) is 0 Å². The summed E-state index contributed by atoms with van der Waals surface area (Å²) in [6.45, 7) is 3.13. The van der Waals surface area contributed by atoms with Gasteiger partial charge in [0.15, 0.2) is 0 Å². The maximum Gasteiger partial charge on any atom is 0.250 e. The number of pyridine rings is 1. The molecule has 1 N–H and O–H groups in total. The third kappa shape index (κ3) is 3.97. The minimum absolute atomic E-state index is 0.0129. The summed E-state index contributed by atoms with van der Waals surface area (Å²) in [5.41, 5.74) is 0.932. The summed E-state index contributed by atoms with van der Waals surface area (Å²) >= 11 is 5.81. The summed E-state index contributed by atoms with van der Waals surface area (Å²) in [5.74, 6) is 0.00904. The number of piperidine rings is 1. The molecule has 0 radical (unpaired) electrons. The van der Waals surface area contributed by atoms with Gasteiger partial charge >= 0.3 is 0 Å². The number of nitrogens with one attached hydrogen (secondary N) is 1. The lowest BCUT2D eigenvalue weighted by atomic mass is 9.83. The third-order valence-electron chi connectivity index (χ3n) is 5.62. The van der Waals surface area contributed by atoms with Gasteiger partial charge in [0.2, 0.25) is 15.9 Å². The van der Waals surface area contributed by atoms with E-state index >= 15 is 0 Å². The molecule has 2 aliphatic heterocycles. The molecule has 0 spiro atoms. The van der Waals surface area contributed by atoms with Crippen LogP contribution < -0.4 is 10.3 Å². The van der Waals surface area contributed by atoms with E-state index in [1.54, 1.807) is 28.5 Å². The fourth-order valence-corrected chi connectivity index (χ4v) is 5.64. The molecule has 2 aromatic rings. The predicted molar refractivity (Wildman–Crippen MR) is 109 cm³/mol. The Morgan fingerprint density at radius 3 is 2.59 bits per heavy atom.